The van der Waals surface area contributed by atoms with E-state index in [1.165, 1.54) is 0 Å². The zero-order valence-electron chi connectivity index (χ0n) is 12.4. The average Bonchev–Trinajstić information content (AvgIpc) is 2.41. The highest BCUT2D eigenvalue weighted by atomic mass is 32.2. The Labute approximate surface area is 121 Å². The van der Waals surface area contributed by atoms with Gasteiger partial charge in [-0.15, -0.1) is 0 Å². The Balaban J connectivity index is 1.81. The molecular weight excluding hydrogens is 278 g/mol. The molecule has 0 bridgehead atoms. The number of rotatable bonds is 3. The molecule has 0 atom stereocenters. The molecule has 0 saturated carbocycles. The van der Waals surface area contributed by atoms with E-state index in [0.29, 0.717) is 26.1 Å². The van der Waals surface area contributed by atoms with E-state index in [1.807, 2.05) is 4.90 Å². The zero-order chi connectivity index (χ0) is 14.8. The van der Waals surface area contributed by atoms with E-state index in [-0.39, 0.29) is 11.7 Å². The highest BCUT2D eigenvalue weighted by Crippen LogP contribution is 2.23. The maximum atomic E-state index is 12.1. The Hall–Kier alpha value is -0.660. The molecule has 0 unspecified atom stereocenters. The van der Waals surface area contributed by atoms with Gasteiger partial charge >= 0.3 is 0 Å². The number of nitrogens with one attached hydrogen (secondary N) is 1. The Morgan fingerprint density at radius 1 is 1.20 bits per heavy atom. The molecule has 0 spiro atoms. The van der Waals surface area contributed by atoms with E-state index in [2.05, 4.69) is 10.2 Å². The smallest absolute Gasteiger partial charge is 0.223 e. The monoisotopic (exact) mass is 303 g/mol. The molecule has 2 fully saturated rings. The predicted octanol–water partition coefficient (Wildman–Crippen LogP) is -0.683. The van der Waals surface area contributed by atoms with Crippen molar-refractivity contribution < 1.29 is 13.2 Å². The maximum Gasteiger partial charge on any atom is 0.223 e. The van der Waals surface area contributed by atoms with Crippen LogP contribution in [0.15, 0.2) is 0 Å². The molecule has 0 aromatic carbocycles. The van der Waals surface area contributed by atoms with Crippen molar-refractivity contribution in [1.82, 2.24) is 15.1 Å². The number of amides is 1. The van der Waals surface area contributed by atoms with Gasteiger partial charge in [0.2, 0.25) is 5.91 Å². The zero-order valence-corrected chi connectivity index (χ0v) is 13.2. The lowest BCUT2D eigenvalue weighted by atomic mass is 10.1. The van der Waals surface area contributed by atoms with Gasteiger partial charge in [-0.2, -0.15) is 0 Å². The molecule has 116 valence electrons. The molecule has 0 aromatic heterocycles. The summed E-state index contributed by atoms with van der Waals surface area (Å²) >= 11 is 0. The van der Waals surface area contributed by atoms with Crippen molar-refractivity contribution >= 4 is 15.7 Å². The van der Waals surface area contributed by atoms with Crippen LogP contribution < -0.4 is 5.32 Å². The number of piperazine rings is 1. The molecule has 2 aliphatic rings. The molecule has 1 N–H and O–H groups in total. The summed E-state index contributed by atoms with van der Waals surface area (Å²) in [5.41, 5.74) is 0. The fraction of sp³-hybridized carbons (Fsp3) is 0.923. The van der Waals surface area contributed by atoms with E-state index in [4.69, 9.17) is 0 Å². The summed E-state index contributed by atoms with van der Waals surface area (Å²) in [6, 6.07) is 0. The van der Waals surface area contributed by atoms with Gasteiger partial charge < -0.3 is 15.1 Å². The van der Waals surface area contributed by atoms with Crippen LogP contribution in [-0.2, 0) is 14.6 Å². The van der Waals surface area contributed by atoms with Gasteiger partial charge in [-0.1, -0.05) is 0 Å². The molecule has 2 heterocycles. The minimum atomic E-state index is -3.00. The average molecular weight is 303 g/mol. The molecule has 0 radical (unpaired) electrons. The Morgan fingerprint density at radius 2 is 1.85 bits per heavy atom. The van der Waals surface area contributed by atoms with Crippen LogP contribution in [-0.4, -0.2) is 80.4 Å². The quantitative estimate of drug-likeness (QED) is 0.748. The lowest BCUT2D eigenvalue weighted by molar-refractivity contribution is -0.132. The van der Waals surface area contributed by atoms with Crippen molar-refractivity contribution in [2.75, 3.05) is 51.6 Å². The normalized spacial score (nSPS) is 26.4. The molecule has 2 aliphatic heterocycles. The van der Waals surface area contributed by atoms with Gasteiger partial charge in [0, 0.05) is 52.2 Å². The topological polar surface area (TPSA) is 69.7 Å². The van der Waals surface area contributed by atoms with Crippen molar-refractivity contribution in [3.63, 3.8) is 0 Å². The van der Waals surface area contributed by atoms with Crippen molar-refractivity contribution in [2.45, 2.75) is 25.0 Å². The van der Waals surface area contributed by atoms with Crippen LogP contribution in [0.25, 0.3) is 0 Å². The van der Waals surface area contributed by atoms with E-state index in [0.717, 1.165) is 26.2 Å². The second kappa shape index (κ2) is 5.99. The number of hydrogen-bond acceptors (Lipinski definition) is 5. The van der Waals surface area contributed by atoms with Crippen LogP contribution in [0, 0.1) is 0 Å². The summed E-state index contributed by atoms with van der Waals surface area (Å²) in [5.74, 6) is 0.375. The van der Waals surface area contributed by atoms with Gasteiger partial charge in [0.25, 0.3) is 0 Å². The Kier molecular flexibility index (Phi) is 4.71. The van der Waals surface area contributed by atoms with Gasteiger partial charge in [-0.25, -0.2) is 8.42 Å². The maximum absolute atomic E-state index is 12.1. The third-order valence-corrected chi connectivity index (χ3v) is 6.77. The Bertz CT molecular complexity index is 455. The highest BCUT2D eigenvalue weighted by Gasteiger charge is 2.39. The van der Waals surface area contributed by atoms with Crippen LogP contribution >= 0.6 is 0 Å². The highest BCUT2D eigenvalue weighted by molar-refractivity contribution is 7.92. The molecule has 2 saturated heterocycles. The first-order valence-corrected chi connectivity index (χ1v) is 8.90. The van der Waals surface area contributed by atoms with Crippen LogP contribution in [0.4, 0.5) is 0 Å². The van der Waals surface area contributed by atoms with Gasteiger partial charge in [0.15, 0.2) is 9.84 Å². The van der Waals surface area contributed by atoms with Crippen molar-refractivity contribution in [2.24, 2.45) is 0 Å². The number of sulfone groups is 1. The summed E-state index contributed by atoms with van der Waals surface area (Å²) in [6.07, 6.45) is 0.482. The fourth-order valence-corrected chi connectivity index (χ4v) is 4.19. The van der Waals surface area contributed by atoms with E-state index in [1.54, 1.807) is 13.8 Å². The Morgan fingerprint density at radius 3 is 2.45 bits per heavy atom. The summed E-state index contributed by atoms with van der Waals surface area (Å²) in [4.78, 5) is 16.1. The van der Waals surface area contributed by atoms with Crippen LogP contribution in [0.5, 0.6) is 0 Å². The van der Waals surface area contributed by atoms with Crippen LogP contribution in [0.3, 0.4) is 0 Å². The molecule has 20 heavy (non-hydrogen) atoms. The fourth-order valence-electron chi connectivity index (χ4n) is 2.76. The van der Waals surface area contributed by atoms with E-state index in [9.17, 15) is 13.2 Å². The largest absolute Gasteiger partial charge is 0.340 e. The molecular formula is C13H25N3O3S. The van der Waals surface area contributed by atoms with Gasteiger partial charge in [-0.3, -0.25) is 4.79 Å². The first kappa shape index (κ1) is 15.7. The molecule has 0 aromatic rings. The van der Waals surface area contributed by atoms with Crippen molar-refractivity contribution in [3.05, 3.63) is 0 Å². The van der Waals surface area contributed by atoms with E-state index >= 15 is 0 Å². The third kappa shape index (κ3) is 3.51. The number of carbonyl (C=O) groups excluding carboxylic acids is 1. The SMILES string of the molecule is CC1(C)CN(CCC(=O)N2CCNCC2)CCS1(=O)=O. The lowest BCUT2D eigenvalue weighted by Gasteiger charge is -2.37. The second-order valence-corrected chi connectivity index (χ2v) is 8.98. The molecule has 7 heteroatoms. The summed E-state index contributed by atoms with van der Waals surface area (Å²) in [6.45, 7) is 8.53. The molecule has 2 rings (SSSR count). The molecule has 0 aliphatic carbocycles. The van der Waals surface area contributed by atoms with Gasteiger partial charge in [-0.05, 0) is 13.8 Å². The summed E-state index contributed by atoms with van der Waals surface area (Å²) in [7, 11) is -3.00. The second-order valence-electron chi connectivity index (χ2n) is 6.24. The van der Waals surface area contributed by atoms with Gasteiger partial charge in [0.1, 0.15) is 0 Å². The lowest BCUT2D eigenvalue weighted by Crippen LogP contribution is -2.53. The van der Waals surface area contributed by atoms with Crippen molar-refractivity contribution in [3.8, 4) is 0 Å². The number of nitrogens with zero attached hydrogens (tertiary/aromatic N) is 2. The number of carbonyl (C=O) groups is 1. The molecule has 6 nitrogen and oxygen atoms in total. The van der Waals surface area contributed by atoms with Crippen molar-refractivity contribution in [1.29, 1.82) is 0 Å². The third-order valence-electron chi connectivity index (χ3n) is 4.23. The minimum Gasteiger partial charge on any atom is -0.340 e. The molecule has 1 amide bonds. The van der Waals surface area contributed by atoms with Crippen LogP contribution in [0.2, 0.25) is 0 Å². The summed E-state index contributed by atoms with van der Waals surface area (Å²) < 4.78 is 23.1. The summed E-state index contributed by atoms with van der Waals surface area (Å²) in [5, 5.41) is 3.22. The predicted molar refractivity (Wildman–Crippen MR) is 78.4 cm³/mol. The first-order valence-electron chi connectivity index (χ1n) is 7.25. The van der Waals surface area contributed by atoms with Gasteiger partial charge in [0.05, 0.1) is 10.5 Å². The standard InChI is InChI=1S/C13H25N3O3S/c1-13(2)11-15(9-10-20(13,18)19)6-3-12(17)16-7-4-14-5-8-16/h14H,3-11H2,1-2H3. The van der Waals surface area contributed by atoms with E-state index < -0.39 is 14.6 Å². The number of hydrogen-bond donors (Lipinski definition) is 1. The first-order chi connectivity index (χ1) is 9.32. The minimum absolute atomic E-state index is 0.178. The van der Waals surface area contributed by atoms with Crippen LogP contribution in [0.1, 0.15) is 20.3 Å².